The first-order chi connectivity index (χ1) is 17.2. The fraction of sp³-hybridized carbons (Fsp3) is 0.0833. The maximum Gasteiger partial charge on any atom is 0.573 e. The van der Waals surface area contributed by atoms with E-state index in [0.29, 0.717) is 23.7 Å². The van der Waals surface area contributed by atoms with E-state index in [1.807, 2.05) is 30.3 Å². The van der Waals surface area contributed by atoms with Gasteiger partial charge in [0.1, 0.15) is 11.3 Å². The van der Waals surface area contributed by atoms with Gasteiger partial charge in [-0.15, -0.1) is 23.4 Å². The Morgan fingerprint density at radius 2 is 1.86 bits per heavy atom. The van der Waals surface area contributed by atoms with E-state index in [9.17, 15) is 18.0 Å². The monoisotopic (exact) mass is 557 g/mol. The number of ether oxygens (including phenoxy) is 1. The smallest absolute Gasteiger partial charge is 0.453 e. The van der Waals surface area contributed by atoms with Gasteiger partial charge in [0, 0.05) is 16.6 Å². The van der Waals surface area contributed by atoms with E-state index in [-0.39, 0.29) is 15.7 Å². The third-order valence-electron chi connectivity index (χ3n) is 5.04. The minimum Gasteiger partial charge on any atom is -0.453 e. The number of hydrogen-bond acceptors (Lipinski definition) is 6. The molecule has 0 saturated heterocycles. The van der Waals surface area contributed by atoms with Crippen molar-refractivity contribution in [2.45, 2.75) is 12.9 Å². The Bertz CT molecular complexity index is 1550. The Kier molecular flexibility index (Phi) is 6.18. The molecule has 0 spiro atoms. The summed E-state index contributed by atoms with van der Waals surface area (Å²) in [5, 5.41) is 15.8. The lowest BCUT2D eigenvalue weighted by atomic mass is 10.1. The van der Waals surface area contributed by atoms with E-state index in [0.717, 1.165) is 17.0 Å². The first kappa shape index (κ1) is 23.5. The van der Waals surface area contributed by atoms with Crippen molar-refractivity contribution in [3.05, 3.63) is 88.4 Å². The van der Waals surface area contributed by atoms with E-state index in [4.69, 9.17) is 4.42 Å². The SMILES string of the molecule is O=C(Nc1ccc(OC(F)(F)F)c(Br)c1)c1ccc2cc(-c3nnn(Cc4ccccc4)n3)oc2c1. The molecular weight excluding hydrogens is 543 g/mol. The molecule has 5 aromatic rings. The number of hydrogen-bond donors (Lipinski definition) is 1. The number of carbonyl (C=O) groups excluding carboxylic acids is 1. The van der Waals surface area contributed by atoms with Crippen LogP contribution in [0.25, 0.3) is 22.6 Å². The lowest BCUT2D eigenvalue weighted by molar-refractivity contribution is -0.274. The number of aromatic nitrogens is 4. The van der Waals surface area contributed by atoms with Crippen LogP contribution < -0.4 is 10.1 Å². The van der Waals surface area contributed by atoms with Crippen LogP contribution in [0.2, 0.25) is 0 Å². The fourth-order valence-electron chi connectivity index (χ4n) is 3.43. The van der Waals surface area contributed by atoms with Gasteiger partial charge < -0.3 is 14.5 Å². The summed E-state index contributed by atoms with van der Waals surface area (Å²) in [7, 11) is 0. The van der Waals surface area contributed by atoms with Gasteiger partial charge >= 0.3 is 6.36 Å². The molecule has 3 aromatic carbocycles. The molecule has 0 radical (unpaired) electrons. The predicted molar refractivity (Wildman–Crippen MR) is 127 cm³/mol. The molecule has 0 bridgehead atoms. The molecule has 12 heteroatoms. The number of furan rings is 1. The van der Waals surface area contributed by atoms with Crippen molar-refractivity contribution in [2.75, 3.05) is 5.32 Å². The highest BCUT2D eigenvalue weighted by Crippen LogP contribution is 2.33. The van der Waals surface area contributed by atoms with Crippen LogP contribution in [0.4, 0.5) is 18.9 Å². The van der Waals surface area contributed by atoms with Gasteiger partial charge in [-0.1, -0.05) is 36.4 Å². The van der Waals surface area contributed by atoms with Gasteiger partial charge in [-0.2, -0.15) is 4.80 Å². The van der Waals surface area contributed by atoms with E-state index >= 15 is 0 Å². The topological polar surface area (TPSA) is 95.1 Å². The Balaban J connectivity index is 1.31. The van der Waals surface area contributed by atoms with Crippen LogP contribution in [0.5, 0.6) is 5.75 Å². The Hall–Kier alpha value is -4.19. The number of nitrogens with one attached hydrogen (secondary N) is 1. The second-order valence-corrected chi connectivity index (χ2v) is 8.49. The molecule has 8 nitrogen and oxygen atoms in total. The van der Waals surface area contributed by atoms with Crippen molar-refractivity contribution in [3.63, 3.8) is 0 Å². The van der Waals surface area contributed by atoms with Gasteiger partial charge in [-0.05, 0) is 63.1 Å². The van der Waals surface area contributed by atoms with Crippen LogP contribution in [-0.2, 0) is 6.54 Å². The summed E-state index contributed by atoms with van der Waals surface area (Å²) in [5.74, 6) is -0.192. The van der Waals surface area contributed by atoms with E-state index in [1.165, 1.54) is 16.9 Å². The molecule has 1 amide bonds. The molecule has 2 heterocycles. The number of tetrazole rings is 1. The van der Waals surface area contributed by atoms with Gasteiger partial charge in [0.25, 0.3) is 5.91 Å². The number of benzene rings is 3. The maximum absolute atomic E-state index is 12.7. The Morgan fingerprint density at radius 3 is 2.61 bits per heavy atom. The van der Waals surface area contributed by atoms with E-state index in [2.05, 4.69) is 41.4 Å². The molecule has 2 aromatic heterocycles. The average Bonchev–Trinajstić information content (AvgIpc) is 3.47. The van der Waals surface area contributed by atoms with E-state index < -0.39 is 18.0 Å². The van der Waals surface area contributed by atoms with Crippen LogP contribution in [0.1, 0.15) is 15.9 Å². The van der Waals surface area contributed by atoms with E-state index in [1.54, 1.807) is 24.3 Å². The van der Waals surface area contributed by atoms with Gasteiger partial charge in [-0.3, -0.25) is 4.79 Å². The highest BCUT2D eigenvalue weighted by molar-refractivity contribution is 9.10. The predicted octanol–water partition coefficient (Wildman–Crippen LogP) is 6.05. The largest absolute Gasteiger partial charge is 0.573 e. The van der Waals surface area contributed by atoms with Crippen molar-refractivity contribution in [1.29, 1.82) is 0 Å². The molecule has 0 fully saturated rings. The van der Waals surface area contributed by atoms with Crippen molar-refractivity contribution in [1.82, 2.24) is 20.2 Å². The minimum absolute atomic E-state index is 0.0385. The normalized spacial score (nSPS) is 11.6. The number of fused-ring (bicyclic) bond motifs is 1. The van der Waals surface area contributed by atoms with Crippen molar-refractivity contribution in [2.24, 2.45) is 0 Å². The summed E-state index contributed by atoms with van der Waals surface area (Å²) in [6.07, 6.45) is -4.82. The van der Waals surface area contributed by atoms with Crippen LogP contribution in [0.15, 0.2) is 81.7 Å². The molecule has 0 aliphatic rings. The van der Waals surface area contributed by atoms with Crippen molar-refractivity contribution >= 4 is 38.5 Å². The Labute approximate surface area is 209 Å². The number of alkyl halides is 3. The third kappa shape index (κ3) is 5.38. The van der Waals surface area contributed by atoms with Gasteiger partial charge in [0.15, 0.2) is 5.76 Å². The number of amides is 1. The minimum atomic E-state index is -4.82. The molecule has 5 rings (SSSR count). The van der Waals surface area contributed by atoms with Crippen LogP contribution in [-0.4, -0.2) is 32.5 Å². The number of anilines is 1. The van der Waals surface area contributed by atoms with Gasteiger partial charge in [0.05, 0.1) is 11.0 Å². The zero-order chi connectivity index (χ0) is 25.3. The molecule has 182 valence electrons. The van der Waals surface area contributed by atoms with Gasteiger partial charge in [0.2, 0.25) is 5.82 Å². The highest BCUT2D eigenvalue weighted by atomic mass is 79.9. The highest BCUT2D eigenvalue weighted by Gasteiger charge is 2.32. The number of halogens is 4. The summed E-state index contributed by atoms with van der Waals surface area (Å²) in [6.45, 7) is 0.456. The summed E-state index contributed by atoms with van der Waals surface area (Å²) in [5.41, 5.74) is 2.03. The lowest BCUT2D eigenvalue weighted by Crippen LogP contribution is -2.17. The lowest BCUT2D eigenvalue weighted by Gasteiger charge is -2.12. The standard InChI is InChI=1S/C24H15BrF3N5O3/c25-18-12-17(8-9-19(18)36-24(26,27)28)29-23(34)16-7-6-15-10-21(35-20(15)11-16)22-30-32-33(31-22)13-14-4-2-1-3-5-14/h1-12H,13H2,(H,29,34). The number of carbonyl (C=O) groups is 1. The summed E-state index contributed by atoms with van der Waals surface area (Å²) in [4.78, 5) is 14.2. The number of nitrogens with zero attached hydrogens (tertiary/aromatic N) is 4. The fourth-order valence-corrected chi connectivity index (χ4v) is 3.89. The number of rotatable bonds is 6. The van der Waals surface area contributed by atoms with Crippen molar-refractivity contribution < 1.29 is 27.1 Å². The summed E-state index contributed by atoms with van der Waals surface area (Å²) >= 11 is 3.01. The zero-order valence-corrected chi connectivity index (χ0v) is 19.7. The molecular formula is C24H15BrF3N5O3. The average molecular weight is 558 g/mol. The van der Waals surface area contributed by atoms with Crippen molar-refractivity contribution in [3.8, 4) is 17.3 Å². The molecule has 0 unspecified atom stereocenters. The summed E-state index contributed by atoms with van der Waals surface area (Å²) < 4.78 is 47.1. The Morgan fingerprint density at radius 1 is 1.06 bits per heavy atom. The quantitative estimate of drug-likeness (QED) is 0.273. The molecule has 0 aliphatic heterocycles. The van der Waals surface area contributed by atoms with Crippen LogP contribution in [0.3, 0.4) is 0 Å². The summed E-state index contributed by atoms with van der Waals surface area (Å²) in [6, 6.07) is 20.0. The van der Waals surface area contributed by atoms with Crippen LogP contribution >= 0.6 is 15.9 Å². The second kappa shape index (κ2) is 9.46. The maximum atomic E-state index is 12.7. The molecule has 0 aliphatic carbocycles. The molecule has 0 saturated carbocycles. The van der Waals surface area contributed by atoms with Gasteiger partial charge in [-0.25, -0.2) is 0 Å². The second-order valence-electron chi connectivity index (χ2n) is 7.64. The molecule has 1 N–H and O–H groups in total. The van der Waals surface area contributed by atoms with Crippen LogP contribution in [0, 0.1) is 0 Å². The molecule has 36 heavy (non-hydrogen) atoms. The third-order valence-corrected chi connectivity index (χ3v) is 5.66. The zero-order valence-electron chi connectivity index (χ0n) is 18.2. The first-order valence-electron chi connectivity index (χ1n) is 10.5. The first-order valence-corrected chi connectivity index (χ1v) is 11.3. The molecule has 0 atom stereocenters.